The molecule has 0 spiro atoms. The third-order valence-electron chi connectivity index (χ3n) is 2.79. The zero-order valence-electron chi connectivity index (χ0n) is 12.7. The molecule has 0 amide bonds. The molecule has 5 nitrogen and oxygen atoms in total. The summed E-state index contributed by atoms with van der Waals surface area (Å²) in [4.78, 5) is 8.75. The highest BCUT2D eigenvalue weighted by Crippen LogP contribution is 2.22. The van der Waals surface area contributed by atoms with Gasteiger partial charge >= 0.3 is 0 Å². The van der Waals surface area contributed by atoms with Gasteiger partial charge in [-0.25, -0.2) is 4.98 Å². The van der Waals surface area contributed by atoms with E-state index < -0.39 is 0 Å². The van der Waals surface area contributed by atoms with E-state index in [9.17, 15) is 0 Å². The van der Waals surface area contributed by atoms with E-state index in [1.165, 1.54) is 0 Å². The molecule has 2 rings (SSSR count). The number of ether oxygens (including phenoxy) is 2. The van der Waals surface area contributed by atoms with Crippen molar-refractivity contribution < 1.29 is 9.47 Å². The lowest BCUT2D eigenvalue weighted by atomic mass is 10.2. The normalized spacial score (nSPS) is 10.4. The van der Waals surface area contributed by atoms with E-state index in [0.29, 0.717) is 18.3 Å². The molecule has 0 saturated carbocycles. The van der Waals surface area contributed by atoms with Gasteiger partial charge in [-0.15, -0.1) is 0 Å². The van der Waals surface area contributed by atoms with Gasteiger partial charge < -0.3 is 14.8 Å². The minimum Gasteiger partial charge on any atom is -0.439 e. The maximum absolute atomic E-state index is 5.82. The lowest BCUT2D eigenvalue weighted by molar-refractivity contribution is 0.177. The van der Waals surface area contributed by atoms with Gasteiger partial charge in [-0.3, -0.25) is 0 Å². The molecule has 0 unspecified atom stereocenters. The second kappa shape index (κ2) is 7.59. The number of benzene rings is 1. The topological polar surface area (TPSA) is 56.3 Å². The lowest BCUT2D eigenvalue weighted by Crippen LogP contribution is -2.06. The maximum Gasteiger partial charge on any atom is 0.224 e. The van der Waals surface area contributed by atoms with Crippen molar-refractivity contribution in [1.29, 1.82) is 0 Å². The average molecular weight is 287 g/mol. The number of methoxy groups -OCH3 is 1. The van der Waals surface area contributed by atoms with Crippen molar-refractivity contribution in [1.82, 2.24) is 9.97 Å². The Balaban J connectivity index is 2.22. The molecule has 0 aliphatic rings. The molecule has 21 heavy (non-hydrogen) atoms. The summed E-state index contributed by atoms with van der Waals surface area (Å²) in [5, 5.41) is 3.24. The Morgan fingerprint density at radius 2 is 2.05 bits per heavy atom. The lowest BCUT2D eigenvalue weighted by Gasteiger charge is -2.10. The van der Waals surface area contributed by atoms with Gasteiger partial charge in [0, 0.05) is 19.7 Å². The number of aromatic nitrogens is 2. The van der Waals surface area contributed by atoms with Crippen LogP contribution in [-0.4, -0.2) is 23.6 Å². The smallest absolute Gasteiger partial charge is 0.224 e. The second-order valence-electron chi connectivity index (χ2n) is 4.79. The van der Waals surface area contributed by atoms with Crippen LogP contribution in [0.1, 0.15) is 24.7 Å². The summed E-state index contributed by atoms with van der Waals surface area (Å²) < 4.78 is 10.9. The van der Waals surface area contributed by atoms with Gasteiger partial charge in [-0.05, 0) is 31.0 Å². The van der Waals surface area contributed by atoms with Crippen LogP contribution in [0.5, 0.6) is 11.6 Å². The van der Waals surface area contributed by atoms with E-state index in [1.807, 2.05) is 31.2 Å². The Bertz CT molecular complexity index is 587. The third kappa shape index (κ3) is 4.72. The Labute approximate surface area is 125 Å². The maximum atomic E-state index is 5.82. The first-order valence-electron chi connectivity index (χ1n) is 7.06. The third-order valence-corrected chi connectivity index (χ3v) is 2.79. The van der Waals surface area contributed by atoms with Crippen molar-refractivity contribution in [3.05, 3.63) is 41.7 Å². The largest absolute Gasteiger partial charge is 0.439 e. The first-order chi connectivity index (χ1) is 10.2. The molecule has 1 aromatic heterocycles. The summed E-state index contributed by atoms with van der Waals surface area (Å²) in [5.41, 5.74) is 1.14. The summed E-state index contributed by atoms with van der Waals surface area (Å²) in [6, 6.07) is 9.66. The summed E-state index contributed by atoms with van der Waals surface area (Å²) in [6.45, 7) is 5.34. The van der Waals surface area contributed by atoms with Gasteiger partial charge in [0.1, 0.15) is 18.2 Å². The minimum absolute atomic E-state index is 0.353. The molecule has 1 heterocycles. The summed E-state index contributed by atoms with van der Waals surface area (Å²) in [5.74, 6) is 2.63. The number of nitrogens with one attached hydrogen (secondary N) is 1. The molecule has 2 aromatic rings. The molecule has 112 valence electrons. The Morgan fingerprint density at radius 3 is 2.76 bits per heavy atom. The molecular weight excluding hydrogens is 266 g/mol. The van der Waals surface area contributed by atoms with Gasteiger partial charge in [-0.2, -0.15) is 4.98 Å². The Morgan fingerprint density at radius 1 is 1.19 bits per heavy atom. The van der Waals surface area contributed by atoms with Crippen LogP contribution in [0.4, 0.5) is 5.82 Å². The number of hydrogen-bond acceptors (Lipinski definition) is 5. The molecule has 1 aromatic carbocycles. The van der Waals surface area contributed by atoms with Crippen molar-refractivity contribution in [2.24, 2.45) is 0 Å². The highest BCUT2D eigenvalue weighted by Gasteiger charge is 2.07. The fourth-order valence-electron chi connectivity index (χ4n) is 1.86. The first kappa shape index (κ1) is 15.3. The van der Waals surface area contributed by atoms with Gasteiger partial charge in [-0.1, -0.05) is 19.1 Å². The van der Waals surface area contributed by atoms with Gasteiger partial charge in [0.05, 0.1) is 0 Å². The van der Waals surface area contributed by atoms with E-state index in [2.05, 4.69) is 22.2 Å². The number of nitrogens with zero attached hydrogens (tertiary/aromatic N) is 2. The van der Waals surface area contributed by atoms with Crippen molar-refractivity contribution in [2.75, 3.05) is 19.0 Å². The molecule has 1 N–H and O–H groups in total. The van der Waals surface area contributed by atoms with Crippen LogP contribution in [0.3, 0.4) is 0 Å². The van der Waals surface area contributed by atoms with Crippen molar-refractivity contribution >= 4 is 5.82 Å². The minimum atomic E-state index is 0.353. The predicted octanol–water partition coefficient (Wildman–Crippen LogP) is 3.55. The Kier molecular flexibility index (Phi) is 5.51. The van der Waals surface area contributed by atoms with Gasteiger partial charge in [0.2, 0.25) is 5.88 Å². The molecule has 0 saturated heterocycles. The van der Waals surface area contributed by atoms with Crippen LogP contribution in [-0.2, 0) is 11.3 Å². The fourth-order valence-corrected chi connectivity index (χ4v) is 1.86. The van der Waals surface area contributed by atoms with Crippen molar-refractivity contribution in [3.63, 3.8) is 0 Å². The van der Waals surface area contributed by atoms with E-state index in [4.69, 9.17) is 9.47 Å². The average Bonchev–Trinajstić information content (AvgIpc) is 2.45. The van der Waals surface area contributed by atoms with E-state index in [0.717, 1.165) is 30.1 Å². The van der Waals surface area contributed by atoms with Crippen LogP contribution in [0.2, 0.25) is 0 Å². The number of rotatable bonds is 7. The molecule has 0 aliphatic heterocycles. The number of aryl methyl sites for hydroxylation is 1. The highest BCUT2D eigenvalue weighted by atomic mass is 16.5. The number of anilines is 1. The number of hydrogen-bond donors (Lipinski definition) is 1. The standard InChI is InChI=1S/C16H21N3O2/c1-4-8-17-14-10-16(19-15(18-14)11-20-3)21-13-7-5-6-12(2)9-13/h5-7,9-10H,4,8,11H2,1-3H3,(H,17,18,19). The van der Waals surface area contributed by atoms with Crippen LogP contribution in [0.15, 0.2) is 30.3 Å². The van der Waals surface area contributed by atoms with E-state index in [-0.39, 0.29) is 0 Å². The monoisotopic (exact) mass is 287 g/mol. The molecule has 0 aliphatic carbocycles. The van der Waals surface area contributed by atoms with Crippen LogP contribution < -0.4 is 10.1 Å². The van der Waals surface area contributed by atoms with E-state index >= 15 is 0 Å². The molecule has 0 fully saturated rings. The van der Waals surface area contributed by atoms with Crippen molar-refractivity contribution in [3.8, 4) is 11.6 Å². The van der Waals surface area contributed by atoms with Crippen molar-refractivity contribution in [2.45, 2.75) is 26.9 Å². The van der Waals surface area contributed by atoms with Crippen LogP contribution >= 0.6 is 0 Å². The SMILES string of the molecule is CCCNc1cc(Oc2cccc(C)c2)nc(COC)n1. The molecular formula is C16H21N3O2. The molecule has 5 heteroatoms. The van der Waals surface area contributed by atoms with E-state index in [1.54, 1.807) is 13.2 Å². The van der Waals surface area contributed by atoms with Gasteiger partial charge in [0.25, 0.3) is 0 Å². The first-order valence-corrected chi connectivity index (χ1v) is 7.06. The summed E-state index contributed by atoms with van der Waals surface area (Å²) in [7, 11) is 1.62. The zero-order valence-corrected chi connectivity index (χ0v) is 12.7. The summed E-state index contributed by atoms with van der Waals surface area (Å²) in [6.07, 6.45) is 1.03. The summed E-state index contributed by atoms with van der Waals surface area (Å²) >= 11 is 0. The van der Waals surface area contributed by atoms with Crippen LogP contribution in [0, 0.1) is 6.92 Å². The van der Waals surface area contributed by atoms with Crippen LogP contribution in [0.25, 0.3) is 0 Å². The van der Waals surface area contributed by atoms with Gasteiger partial charge in [0.15, 0.2) is 5.82 Å². The molecule has 0 bridgehead atoms. The molecule has 0 radical (unpaired) electrons. The zero-order chi connectivity index (χ0) is 15.1. The molecule has 0 atom stereocenters. The highest BCUT2D eigenvalue weighted by molar-refractivity contribution is 5.40. The second-order valence-corrected chi connectivity index (χ2v) is 4.79. The quantitative estimate of drug-likeness (QED) is 0.844. The fraction of sp³-hybridized carbons (Fsp3) is 0.375. The predicted molar refractivity (Wildman–Crippen MR) is 82.8 cm³/mol. The Hall–Kier alpha value is -2.14.